The third-order valence-electron chi connectivity index (χ3n) is 8.57. The van der Waals surface area contributed by atoms with Crippen LogP contribution in [0.15, 0.2) is 29.1 Å². The molecule has 0 bridgehead atoms. The number of aromatic nitrogens is 2. The van der Waals surface area contributed by atoms with Gasteiger partial charge in [0, 0.05) is 37.0 Å². The molecule has 0 radical (unpaired) electrons. The summed E-state index contributed by atoms with van der Waals surface area (Å²) in [6.45, 7) is 2.49. The number of carboxylic acid groups (broad SMARTS) is 1. The van der Waals surface area contributed by atoms with Crippen molar-refractivity contribution in [1.29, 1.82) is 0 Å². The second-order valence-electron chi connectivity index (χ2n) is 11.3. The highest BCUT2D eigenvalue weighted by molar-refractivity contribution is 5.97. The van der Waals surface area contributed by atoms with Gasteiger partial charge in [0.25, 0.3) is 11.5 Å². The average molecular weight is 635 g/mol. The number of benzene rings is 2. The molecule has 2 atom stereocenters. The van der Waals surface area contributed by atoms with E-state index in [1.807, 2.05) is 0 Å². The first kappa shape index (κ1) is 32.1. The maximum Gasteiger partial charge on any atom is 0.411 e. The number of carbonyl (C=O) groups is 2. The van der Waals surface area contributed by atoms with Crippen molar-refractivity contribution in [3.8, 4) is 11.3 Å². The normalized spacial score (nSPS) is 17.2. The van der Waals surface area contributed by atoms with E-state index in [1.54, 1.807) is 33.0 Å². The van der Waals surface area contributed by atoms with Gasteiger partial charge in [-0.05, 0) is 61.9 Å². The minimum Gasteiger partial charge on any atom is -0.480 e. The number of halogens is 5. The predicted molar refractivity (Wildman–Crippen MR) is 153 cm³/mol. The molecule has 45 heavy (non-hydrogen) atoms. The number of nitrogens with one attached hydrogen (secondary N) is 1. The first-order valence-electron chi connectivity index (χ1n) is 14.3. The summed E-state index contributed by atoms with van der Waals surface area (Å²) in [6.07, 6.45) is -2.99. The number of alkyl halides is 3. The molecule has 1 aliphatic carbocycles. The zero-order valence-corrected chi connectivity index (χ0v) is 24.7. The topological polar surface area (TPSA) is 114 Å². The van der Waals surface area contributed by atoms with E-state index in [4.69, 9.17) is 4.74 Å². The van der Waals surface area contributed by atoms with E-state index in [2.05, 4.69) is 10.3 Å². The standard InChI is InChI=1S/C31H31F5N4O5/c1-15-16(2)39(3)29(42)27(37-15)21-8-7-17(19-5-4-6-20(19)21)11-24(30(43)44)38-28(41)26-22(32)12-18(13-23(26)33)40-9-10-45-14-25(40)31(34,35)36/h7-8,12-13,24-25H,4-6,9-11,14H2,1-3H3,(H,38,41)(H,43,44)/t24-,25+/m0/s1. The number of aryl methyl sites for hydroxylation is 1. The maximum atomic E-state index is 15.1. The molecule has 1 aromatic heterocycles. The van der Waals surface area contributed by atoms with E-state index >= 15 is 8.78 Å². The van der Waals surface area contributed by atoms with Crippen LogP contribution < -0.4 is 15.8 Å². The highest BCUT2D eigenvalue weighted by Gasteiger charge is 2.46. The van der Waals surface area contributed by atoms with Gasteiger partial charge in [-0.2, -0.15) is 13.2 Å². The number of anilines is 1. The van der Waals surface area contributed by atoms with Gasteiger partial charge in [-0.15, -0.1) is 0 Å². The lowest BCUT2D eigenvalue weighted by Crippen LogP contribution is -2.53. The predicted octanol–water partition coefficient (Wildman–Crippen LogP) is 4.02. The van der Waals surface area contributed by atoms with Gasteiger partial charge < -0.3 is 24.6 Å². The van der Waals surface area contributed by atoms with Crippen LogP contribution in [0.1, 0.15) is 44.9 Å². The molecular formula is C31H31F5N4O5. The van der Waals surface area contributed by atoms with E-state index in [1.165, 1.54) is 4.57 Å². The van der Waals surface area contributed by atoms with Crippen molar-refractivity contribution in [3.63, 3.8) is 0 Å². The quantitative estimate of drug-likeness (QED) is 0.378. The summed E-state index contributed by atoms with van der Waals surface area (Å²) in [4.78, 5) is 43.5. The zero-order valence-electron chi connectivity index (χ0n) is 24.7. The Kier molecular flexibility index (Phi) is 8.71. The van der Waals surface area contributed by atoms with Crippen LogP contribution in [0.4, 0.5) is 27.6 Å². The molecule has 5 rings (SSSR count). The number of morpholine rings is 1. The Morgan fingerprint density at radius 1 is 1.13 bits per heavy atom. The number of carboxylic acids is 1. The first-order chi connectivity index (χ1) is 21.2. The summed E-state index contributed by atoms with van der Waals surface area (Å²) in [5.74, 6) is -5.70. The van der Waals surface area contributed by atoms with E-state index in [0.717, 1.165) is 28.1 Å². The number of hydrogen-bond donors (Lipinski definition) is 2. The highest BCUT2D eigenvalue weighted by Crippen LogP contribution is 2.35. The second-order valence-corrected chi connectivity index (χ2v) is 11.3. The average Bonchev–Trinajstić information content (AvgIpc) is 3.47. The number of aliphatic carboxylic acids is 1. The molecule has 2 heterocycles. The molecule has 9 nitrogen and oxygen atoms in total. The van der Waals surface area contributed by atoms with Crippen molar-refractivity contribution in [1.82, 2.24) is 14.9 Å². The van der Waals surface area contributed by atoms with Crippen LogP contribution in [0.3, 0.4) is 0 Å². The van der Waals surface area contributed by atoms with Crippen LogP contribution in [0.25, 0.3) is 11.3 Å². The molecule has 0 spiro atoms. The Balaban J connectivity index is 1.41. The zero-order chi connectivity index (χ0) is 32.8. The molecule has 1 aliphatic heterocycles. The number of rotatable bonds is 7. The highest BCUT2D eigenvalue weighted by atomic mass is 19.4. The number of nitrogens with zero attached hydrogens (tertiary/aromatic N) is 3. The van der Waals surface area contributed by atoms with E-state index in [9.17, 15) is 32.7 Å². The van der Waals surface area contributed by atoms with Crippen molar-refractivity contribution >= 4 is 17.6 Å². The maximum absolute atomic E-state index is 15.1. The minimum atomic E-state index is -4.73. The molecule has 0 unspecified atom stereocenters. The number of carbonyl (C=O) groups excluding carboxylic acids is 1. The third kappa shape index (κ3) is 6.15. The van der Waals surface area contributed by atoms with Crippen molar-refractivity contribution in [2.24, 2.45) is 7.05 Å². The molecule has 14 heteroatoms. The lowest BCUT2D eigenvalue weighted by Gasteiger charge is -2.38. The summed E-state index contributed by atoms with van der Waals surface area (Å²) in [7, 11) is 1.66. The van der Waals surface area contributed by atoms with Gasteiger partial charge in [0.15, 0.2) is 0 Å². The molecule has 1 amide bonds. The van der Waals surface area contributed by atoms with Crippen LogP contribution in [-0.4, -0.2) is 64.6 Å². The Morgan fingerprint density at radius 3 is 2.44 bits per heavy atom. The van der Waals surface area contributed by atoms with Gasteiger partial charge in [0.05, 0.1) is 18.9 Å². The van der Waals surface area contributed by atoms with Crippen molar-refractivity contribution in [2.75, 3.05) is 24.7 Å². The van der Waals surface area contributed by atoms with Crippen LogP contribution in [0.5, 0.6) is 0 Å². The number of hydrogen-bond acceptors (Lipinski definition) is 6. The van der Waals surface area contributed by atoms with Gasteiger partial charge in [0.2, 0.25) is 0 Å². The van der Waals surface area contributed by atoms with Gasteiger partial charge in [0.1, 0.15) is 35.0 Å². The lowest BCUT2D eigenvalue weighted by atomic mass is 9.92. The number of ether oxygens (including phenoxy) is 1. The van der Waals surface area contributed by atoms with E-state index < -0.39 is 59.6 Å². The molecule has 2 aliphatic rings. The van der Waals surface area contributed by atoms with Crippen molar-refractivity contribution in [2.45, 2.75) is 57.8 Å². The molecule has 2 aromatic carbocycles. The largest absolute Gasteiger partial charge is 0.480 e. The van der Waals surface area contributed by atoms with Crippen LogP contribution in [0, 0.1) is 25.5 Å². The fourth-order valence-electron chi connectivity index (χ4n) is 6.00. The summed E-state index contributed by atoms with van der Waals surface area (Å²) in [5, 5.41) is 12.1. The van der Waals surface area contributed by atoms with Crippen molar-refractivity contribution in [3.05, 3.63) is 79.9 Å². The fraction of sp³-hybridized carbons (Fsp3) is 0.419. The van der Waals surface area contributed by atoms with Crippen molar-refractivity contribution < 1.29 is 41.4 Å². The SMILES string of the molecule is Cc1nc(-c2ccc(C[C@H](NC(=O)c3c(F)cc(N4CCOC[C@@H]4C(F)(F)F)cc3F)C(=O)O)c3c2CCC3)c(=O)n(C)c1C. The Bertz CT molecular complexity index is 1720. The number of fused-ring (bicyclic) bond motifs is 1. The first-order valence-corrected chi connectivity index (χ1v) is 14.3. The lowest BCUT2D eigenvalue weighted by molar-refractivity contribution is -0.167. The molecule has 2 N–H and O–H groups in total. The summed E-state index contributed by atoms with van der Waals surface area (Å²) < 4.78 is 77.1. The Labute approximate surface area is 254 Å². The molecule has 3 aromatic rings. The molecule has 1 saturated heterocycles. The Hall–Kier alpha value is -4.33. The van der Waals surface area contributed by atoms with Gasteiger partial charge >= 0.3 is 12.1 Å². The molecule has 240 valence electrons. The van der Waals surface area contributed by atoms with E-state index in [0.29, 0.717) is 41.8 Å². The minimum absolute atomic E-state index is 0.0964. The number of amides is 1. The van der Waals surface area contributed by atoms with Gasteiger partial charge in [-0.25, -0.2) is 18.6 Å². The van der Waals surface area contributed by atoms with Gasteiger partial charge in [-0.1, -0.05) is 12.1 Å². The third-order valence-corrected chi connectivity index (χ3v) is 8.57. The fourth-order valence-corrected chi connectivity index (χ4v) is 6.00. The monoisotopic (exact) mass is 634 g/mol. The summed E-state index contributed by atoms with van der Waals surface area (Å²) >= 11 is 0. The second kappa shape index (κ2) is 12.2. The molecule has 1 fully saturated rings. The summed E-state index contributed by atoms with van der Waals surface area (Å²) in [6, 6.07) is 0.864. The molecular weight excluding hydrogens is 603 g/mol. The molecule has 0 saturated carbocycles. The van der Waals surface area contributed by atoms with Gasteiger partial charge in [-0.3, -0.25) is 9.59 Å². The van der Waals surface area contributed by atoms with E-state index in [-0.39, 0.29) is 30.8 Å². The summed E-state index contributed by atoms with van der Waals surface area (Å²) in [5.41, 5.74) is 2.79. The van der Waals surface area contributed by atoms with Crippen LogP contribution in [0.2, 0.25) is 0 Å². The Morgan fingerprint density at radius 2 is 1.80 bits per heavy atom. The van der Waals surface area contributed by atoms with Crippen LogP contribution >= 0.6 is 0 Å². The van der Waals surface area contributed by atoms with Crippen LogP contribution in [-0.2, 0) is 35.8 Å². The smallest absolute Gasteiger partial charge is 0.411 e.